The summed E-state index contributed by atoms with van der Waals surface area (Å²) in [5.41, 5.74) is 4.00. The first-order valence-corrected chi connectivity index (χ1v) is 6.17. The molecule has 0 fully saturated rings. The average Bonchev–Trinajstić information content (AvgIpc) is 2.74. The lowest BCUT2D eigenvalue weighted by atomic mass is 10.2. The molecule has 0 unspecified atom stereocenters. The molecule has 0 saturated heterocycles. The molecule has 2 aromatic heterocycles. The number of hydrogen-bond donors (Lipinski definition) is 1. The van der Waals surface area contributed by atoms with Gasteiger partial charge in [0.2, 0.25) is 0 Å². The summed E-state index contributed by atoms with van der Waals surface area (Å²) in [6.45, 7) is 2.70. The van der Waals surface area contributed by atoms with Crippen LogP contribution in [-0.2, 0) is 13.6 Å². The van der Waals surface area contributed by atoms with Gasteiger partial charge in [-0.15, -0.1) is 0 Å². The zero-order valence-electron chi connectivity index (χ0n) is 11.0. The highest BCUT2D eigenvalue weighted by molar-refractivity contribution is 5.75. The van der Waals surface area contributed by atoms with Gasteiger partial charge in [-0.3, -0.25) is 9.67 Å². The van der Waals surface area contributed by atoms with Crippen LogP contribution in [0.3, 0.4) is 0 Å². The van der Waals surface area contributed by atoms with E-state index in [0.717, 1.165) is 28.1 Å². The molecule has 19 heavy (non-hydrogen) atoms. The van der Waals surface area contributed by atoms with Gasteiger partial charge >= 0.3 is 0 Å². The molecule has 0 radical (unpaired) electrons. The normalized spacial score (nSPS) is 10.8. The van der Waals surface area contributed by atoms with Crippen LogP contribution in [0.25, 0.3) is 11.0 Å². The molecule has 2 heterocycles. The van der Waals surface area contributed by atoms with E-state index in [1.807, 2.05) is 49.1 Å². The van der Waals surface area contributed by atoms with Gasteiger partial charge in [-0.25, -0.2) is 4.98 Å². The summed E-state index contributed by atoms with van der Waals surface area (Å²) in [6.07, 6.45) is 3.77. The summed E-state index contributed by atoms with van der Waals surface area (Å²) in [4.78, 5) is 8.90. The summed E-state index contributed by atoms with van der Waals surface area (Å²) in [6, 6.07) is 7.84. The van der Waals surface area contributed by atoms with Gasteiger partial charge in [-0.05, 0) is 19.1 Å². The Bertz CT molecular complexity index is 717. The molecule has 0 aliphatic carbocycles. The molecule has 1 N–H and O–H groups in total. The Balaban J connectivity index is 1.80. The number of anilines is 1. The molecule has 1 aromatic carbocycles. The summed E-state index contributed by atoms with van der Waals surface area (Å²) >= 11 is 0. The zero-order valence-corrected chi connectivity index (χ0v) is 11.0. The molecule has 5 nitrogen and oxygen atoms in total. The quantitative estimate of drug-likeness (QED) is 0.778. The van der Waals surface area contributed by atoms with Crippen molar-refractivity contribution in [1.29, 1.82) is 0 Å². The molecule has 0 atom stereocenters. The number of aryl methyl sites for hydroxylation is 2. The van der Waals surface area contributed by atoms with Crippen molar-refractivity contribution in [3.05, 3.63) is 47.9 Å². The number of fused-ring (bicyclic) bond motifs is 1. The Morgan fingerprint density at radius 3 is 2.74 bits per heavy atom. The smallest absolute Gasteiger partial charge is 0.145 e. The molecular weight excluding hydrogens is 238 g/mol. The van der Waals surface area contributed by atoms with E-state index in [4.69, 9.17) is 0 Å². The van der Waals surface area contributed by atoms with Crippen LogP contribution in [0.15, 0.2) is 36.7 Å². The average molecular weight is 253 g/mol. The predicted molar refractivity (Wildman–Crippen MR) is 74.8 cm³/mol. The minimum Gasteiger partial charge on any atom is -0.365 e. The molecule has 3 aromatic rings. The van der Waals surface area contributed by atoms with E-state index in [-0.39, 0.29) is 0 Å². The van der Waals surface area contributed by atoms with Gasteiger partial charge in [0.05, 0.1) is 22.9 Å². The van der Waals surface area contributed by atoms with Crippen LogP contribution in [0.4, 0.5) is 5.82 Å². The van der Waals surface area contributed by atoms with E-state index in [9.17, 15) is 0 Å². The molecule has 0 amide bonds. The van der Waals surface area contributed by atoms with Gasteiger partial charge < -0.3 is 5.32 Å². The largest absolute Gasteiger partial charge is 0.365 e. The highest BCUT2D eigenvalue weighted by Crippen LogP contribution is 2.13. The van der Waals surface area contributed by atoms with Crippen LogP contribution in [0.5, 0.6) is 0 Å². The van der Waals surface area contributed by atoms with Crippen LogP contribution in [0.2, 0.25) is 0 Å². The minimum absolute atomic E-state index is 0.701. The first kappa shape index (κ1) is 11.6. The molecule has 0 bridgehead atoms. The highest BCUT2D eigenvalue weighted by Gasteiger charge is 2.04. The maximum atomic E-state index is 4.53. The fourth-order valence-corrected chi connectivity index (χ4v) is 2.05. The summed E-state index contributed by atoms with van der Waals surface area (Å²) in [5.74, 6) is 0.780. The Labute approximate surface area is 111 Å². The van der Waals surface area contributed by atoms with Crippen molar-refractivity contribution in [3.63, 3.8) is 0 Å². The van der Waals surface area contributed by atoms with Gasteiger partial charge in [0, 0.05) is 25.4 Å². The highest BCUT2D eigenvalue weighted by atomic mass is 15.3. The molecule has 96 valence electrons. The maximum absolute atomic E-state index is 4.53. The lowest BCUT2D eigenvalue weighted by Crippen LogP contribution is -2.02. The Kier molecular flexibility index (Phi) is 2.87. The van der Waals surface area contributed by atoms with Crippen LogP contribution >= 0.6 is 0 Å². The molecule has 0 saturated carbocycles. The third-order valence-electron chi connectivity index (χ3n) is 3.02. The molecular formula is C14H15N5. The minimum atomic E-state index is 0.701. The topological polar surface area (TPSA) is 55.6 Å². The van der Waals surface area contributed by atoms with Gasteiger partial charge in [-0.1, -0.05) is 12.1 Å². The number of nitrogens with one attached hydrogen (secondary N) is 1. The summed E-state index contributed by atoms with van der Waals surface area (Å²) in [5, 5.41) is 7.59. The van der Waals surface area contributed by atoms with E-state index in [1.165, 1.54) is 0 Å². The fourth-order valence-electron chi connectivity index (χ4n) is 2.05. The second-order valence-corrected chi connectivity index (χ2v) is 4.51. The van der Waals surface area contributed by atoms with Crippen molar-refractivity contribution in [1.82, 2.24) is 19.7 Å². The second kappa shape index (κ2) is 4.68. The molecule has 0 spiro atoms. The van der Waals surface area contributed by atoms with E-state index in [2.05, 4.69) is 20.4 Å². The van der Waals surface area contributed by atoms with Gasteiger partial charge in [0.15, 0.2) is 0 Å². The van der Waals surface area contributed by atoms with Gasteiger partial charge in [0.1, 0.15) is 5.82 Å². The summed E-state index contributed by atoms with van der Waals surface area (Å²) in [7, 11) is 1.92. The Hall–Kier alpha value is -2.43. The van der Waals surface area contributed by atoms with Crippen molar-refractivity contribution >= 4 is 16.9 Å². The third kappa shape index (κ3) is 2.40. The van der Waals surface area contributed by atoms with Crippen molar-refractivity contribution in [2.75, 3.05) is 5.32 Å². The number of aromatic nitrogens is 4. The molecule has 5 heteroatoms. The standard InChI is InChI=1S/C14H15N5/c1-10-11(9-19(2)18-10)7-16-14-8-15-12-5-3-4-6-13(12)17-14/h3-6,8-9H,7H2,1-2H3,(H,16,17). The SMILES string of the molecule is Cc1nn(C)cc1CNc1cnc2ccccc2n1. The molecule has 3 rings (SSSR count). The molecule has 0 aliphatic heterocycles. The second-order valence-electron chi connectivity index (χ2n) is 4.51. The van der Waals surface area contributed by atoms with E-state index >= 15 is 0 Å². The van der Waals surface area contributed by atoms with Crippen molar-refractivity contribution in [3.8, 4) is 0 Å². The molecule has 0 aliphatic rings. The maximum Gasteiger partial charge on any atom is 0.145 e. The monoisotopic (exact) mass is 253 g/mol. The third-order valence-corrected chi connectivity index (χ3v) is 3.02. The van der Waals surface area contributed by atoms with Crippen molar-refractivity contribution < 1.29 is 0 Å². The zero-order chi connectivity index (χ0) is 13.2. The number of hydrogen-bond acceptors (Lipinski definition) is 4. The number of benzene rings is 1. The predicted octanol–water partition coefficient (Wildman–Crippen LogP) is 2.28. The lowest BCUT2D eigenvalue weighted by Gasteiger charge is -2.05. The summed E-state index contributed by atoms with van der Waals surface area (Å²) < 4.78 is 1.82. The van der Waals surface area contributed by atoms with E-state index < -0.39 is 0 Å². The van der Waals surface area contributed by atoms with Crippen molar-refractivity contribution in [2.24, 2.45) is 7.05 Å². The number of nitrogens with zero attached hydrogens (tertiary/aromatic N) is 4. The number of rotatable bonds is 3. The Morgan fingerprint density at radius 1 is 1.21 bits per heavy atom. The van der Waals surface area contributed by atoms with Gasteiger partial charge in [-0.2, -0.15) is 5.10 Å². The van der Waals surface area contributed by atoms with E-state index in [0.29, 0.717) is 6.54 Å². The lowest BCUT2D eigenvalue weighted by molar-refractivity contribution is 0.756. The van der Waals surface area contributed by atoms with Crippen LogP contribution in [0.1, 0.15) is 11.3 Å². The fraction of sp³-hybridized carbons (Fsp3) is 0.214. The van der Waals surface area contributed by atoms with Crippen LogP contribution < -0.4 is 5.32 Å². The number of para-hydroxylation sites is 2. The van der Waals surface area contributed by atoms with E-state index in [1.54, 1.807) is 6.20 Å². The van der Waals surface area contributed by atoms with Crippen LogP contribution in [-0.4, -0.2) is 19.7 Å². The van der Waals surface area contributed by atoms with Gasteiger partial charge in [0.25, 0.3) is 0 Å². The first-order chi connectivity index (χ1) is 9.22. The first-order valence-electron chi connectivity index (χ1n) is 6.17. The van der Waals surface area contributed by atoms with Crippen molar-refractivity contribution in [2.45, 2.75) is 13.5 Å². The Morgan fingerprint density at radius 2 is 2.00 bits per heavy atom. The van der Waals surface area contributed by atoms with Crippen LogP contribution in [0, 0.1) is 6.92 Å².